The third-order valence-corrected chi connectivity index (χ3v) is 5.69. The van der Waals surface area contributed by atoms with Crippen molar-refractivity contribution in [3.63, 3.8) is 0 Å². The largest absolute Gasteiger partial charge is 0.341 e. The first kappa shape index (κ1) is 22.6. The van der Waals surface area contributed by atoms with Gasteiger partial charge in [-0.05, 0) is 17.7 Å². The maximum absolute atomic E-state index is 12.6. The molecule has 11 heteroatoms. The Bertz CT molecular complexity index is 891. The zero-order valence-electron chi connectivity index (χ0n) is 15.4. The summed E-state index contributed by atoms with van der Waals surface area (Å²) in [6, 6.07) is 4.97. The summed E-state index contributed by atoms with van der Waals surface area (Å²) in [6.45, 7) is 0.527. The molecule has 1 N–H and O–H groups in total. The molecule has 8 nitrogen and oxygen atoms in total. The van der Waals surface area contributed by atoms with Crippen LogP contribution in [0.1, 0.15) is 5.56 Å². The van der Waals surface area contributed by atoms with Crippen LogP contribution in [0.2, 0.25) is 10.0 Å². The van der Waals surface area contributed by atoms with E-state index in [1.54, 1.807) is 25.2 Å². The summed E-state index contributed by atoms with van der Waals surface area (Å²) in [5, 5.41) is 3.45. The van der Waals surface area contributed by atoms with Gasteiger partial charge in [0.05, 0.1) is 15.9 Å². The van der Waals surface area contributed by atoms with E-state index in [1.165, 1.54) is 9.80 Å². The molecule has 1 unspecified atom stereocenters. The zero-order valence-corrected chi connectivity index (χ0v) is 17.8. The van der Waals surface area contributed by atoms with Gasteiger partial charge in [-0.1, -0.05) is 29.3 Å². The van der Waals surface area contributed by atoms with E-state index in [2.05, 4.69) is 5.32 Å². The van der Waals surface area contributed by atoms with Crippen LogP contribution >= 0.6 is 23.2 Å². The van der Waals surface area contributed by atoms with Gasteiger partial charge in [-0.15, -0.1) is 0 Å². The number of nitrogens with zero attached hydrogens (tertiary/aromatic N) is 2. The van der Waals surface area contributed by atoms with Crippen LogP contribution in [0.5, 0.6) is 0 Å². The first-order valence-corrected chi connectivity index (χ1v) is 11.2. The minimum Gasteiger partial charge on any atom is -0.341 e. The first-order valence-electron chi connectivity index (χ1n) is 8.40. The number of amides is 2. The molecule has 0 bridgehead atoms. The Labute approximate surface area is 173 Å². The lowest BCUT2D eigenvalue weighted by molar-refractivity contribution is -0.144. The van der Waals surface area contributed by atoms with Crippen molar-refractivity contribution < 1.29 is 22.8 Å². The van der Waals surface area contributed by atoms with E-state index in [-0.39, 0.29) is 32.1 Å². The van der Waals surface area contributed by atoms with Crippen molar-refractivity contribution >= 4 is 50.6 Å². The van der Waals surface area contributed by atoms with Crippen LogP contribution in [0, 0.1) is 5.92 Å². The van der Waals surface area contributed by atoms with E-state index >= 15 is 0 Å². The van der Waals surface area contributed by atoms with Gasteiger partial charge in [0.2, 0.25) is 11.7 Å². The van der Waals surface area contributed by atoms with Gasteiger partial charge in [-0.2, -0.15) is 0 Å². The molecule has 0 saturated carbocycles. The molecule has 1 heterocycles. The molecule has 1 saturated heterocycles. The summed E-state index contributed by atoms with van der Waals surface area (Å²) in [7, 11) is -1.63. The average molecular weight is 450 g/mol. The lowest BCUT2D eigenvalue weighted by Crippen LogP contribution is -2.37. The van der Waals surface area contributed by atoms with Gasteiger partial charge in [-0.25, -0.2) is 8.42 Å². The number of hydrogen-bond donors (Lipinski definition) is 1. The third kappa shape index (κ3) is 5.91. The molecule has 28 heavy (non-hydrogen) atoms. The fourth-order valence-corrected chi connectivity index (χ4v) is 3.64. The number of sulfone groups is 1. The van der Waals surface area contributed by atoms with Crippen molar-refractivity contribution in [1.82, 2.24) is 15.1 Å². The van der Waals surface area contributed by atoms with E-state index in [0.717, 1.165) is 11.8 Å². The highest BCUT2D eigenvalue weighted by Crippen LogP contribution is 2.24. The van der Waals surface area contributed by atoms with Crippen LogP contribution in [-0.2, 0) is 30.8 Å². The topological polar surface area (TPSA) is 104 Å². The van der Waals surface area contributed by atoms with Crippen molar-refractivity contribution in [1.29, 1.82) is 0 Å². The van der Waals surface area contributed by atoms with Crippen LogP contribution in [0.4, 0.5) is 0 Å². The molecule has 0 aromatic heterocycles. The van der Waals surface area contributed by atoms with Gasteiger partial charge in [0.1, 0.15) is 5.92 Å². The van der Waals surface area contributed by atoms with E-state index in [4.69, 9.17) is 23.2 Å². The van der Waals surface area contributed by atoms with Crippen LogP contribution in [0.15, 0.2) is 18.2 Å². The number of hydrogen-bond acceptors (Lipinski definition) is 6. The second-order valence-corrected chi connectivity index (χ2v) is 9.64. The zero-order chi connectivity index (χ0) is 21.1. The van der Waals surface area contributed by atoms with E-state index in [1.807, 2.05) is 0 Å². The van der Waals surface area contributed by atoms with Gasteiger partial charge in [0.15, 0.2) is 9.84 Å². The Kier molecular flexibility index (Phi) is 7.44. The number of carbonyl (C=O) groups is 3. The smallest absolute Gasteiger partial charge is 0.290 e. The monoisotopic (exact) mass is 449 g/mol. The lowest BCUT2D eigenvalue weighted by atomic mass is 10.1. The highest BCUT2D eigenvalue weighted by Gasteiger charge is 2.43. The number of halogens is 2. The molecule has 0 radical (unpaired) electrons. The maximum atomic E-state index is 12.6. The van der Waals surface area contributed by atoms with Crippen molar-refractivity contribution in [2.45, 2.75) is 6.54 Å². The highest BCUT2D eigenvalue weighted by atomic mass is 35.5. The Hall–Kier alpha value is -1.68. The summed E-state index contributed by atoms with van der Waals surface area (Å²) >= 11 is 11.8. The van der Waals surface area contributed by atoms with Crippen molar-refractivity contribution in [2.24, 2.45) is 5.92 Å². The highest BCUT2D eigenvalue weighted by molar-refractivity contribution is 7.90. The number of ketones is 1. The quantitative estimate of drug-likeness (QED) is 0.353. The Morgan fingerprint density at radius 1 is 1.29 bits per heavy atom. The minimum atomic E-state index is -3.18. The molecule has 1 aromatic carbocycles. The molecule has 1 aromatic rings. The Balaban J connectivity index is 1.94. The molecule has 2 amide bonds. The van der Waals surface area contributed by atoms with Crippen LogP contribution in [-0.4, -0.2) is 74.6 Å². The third-order valence-electron chi connectivity index (χ3n) is 4.22. The number of likely N-dealkylation sites (tertiary alicyclic amines) is 1. The summed E-state index contributed by atoms with van der Waals surface area (Å²) in [5.41, 5.74) is 0.740. The maximum Gasteiger partial charge on any atom is 0.290 e. The van der Waals surface area contributed by atoms with E-state index in [0.29, 0.717) is 10.0 Å². The van der Waals surface area contributed by atoms with Gasteiger partial charge >= 0.3 is 0 Å². The lowest BCUT2D eigenvalue weighted by Gasteiger charge is -2.21. The predicted octanol–water partition coefficient (Wildman–Crippen LogP) is 0.571. The Morgan fingerprint density at radius 3 is 2.57 bits per heavy atom. The molecule has 0 spiro atoms. The number of nitrogens with one attached hydrogen (secondary N) is 1. The minimum absolute atomic E-state index is 0.0250. The van der Waals surface area contributed by atoms with Crippen LogP contribution in [0.25, 0.3) is 0 Å². The second-order valence-electron chi connectivity index (χ2n) is 6.68. The summed E-state index contributed by atoms with van der Waals surface area (Å²) in [4.78, 5) is 39.6. The number of benzene rings is 1. The van der Waals surface area contributed by atoms with Crippen molar-refractivity contribution in [3.8, 4) is 0 Å². The SMILES string of the molecule is CN(Cc1ccc(Cl)c(Cl)c1)C(=O)C1CN(CCNCS(C)(=O)=O)C(=O)C1=O. The predicted molar refractivity (Wildman–Crippen MR) is 106 cm³/mol. The average Bonchev–Trinajstić information content (AvgIpc) is 2.88. The fourth-order valence-electron chi connectivity index (χ4n) is 2.80. The summed E-state index contributed by atoms with van der Waals surface area (Å²) in [6.07, 6.45) is 1.09. The molecule has 1 aliphatic heterocycles. The molecular weight excluding hydrogens is 429 g/mol. The fraction of sp³-hybridized carbons (Fsp3) is 0.471. The molecule has 154 valence electrons. The van der Waals surface area contributed by atoms with Gasteiger partial charge < -0.3 is 15.1 Å². The first-order chi connectivity index (χ1) is 13.0. The van der Waals surface area contributed by atoms with Crippen LogP contribution in [0.3, 0.4) is 0 Å². The number of rotatable bonds is 8. The van der Waals surface area contributed by atoms with Crippen molar-refractivity contribution in [3.05, 3.63) is 33.8 Å². The van der Waals surface area contributed by atoms with Gasteiger partial charge in [-0.3, -0.25) is 14.4 Å². The molecule has 1 fully saturated rings. The number of carbonyl (C=O) groups excluding carboxylic acids is 3. The van der Waals surface area contributed by atoms with Gasteiger partial charge in [0, 0.05) is 39.5 Å². The second kappa shape index (κ2) is 9.21. The summed E-state index contributed by atoms with van der Waals surface area (Å²) in [5.74, 6) is -3.25. The molecule has 1 atom stereocenters. The Morgan fingerprint density at radius 2 is 1.96 bits per heavy atom. The molecule has 0 aliphatic carbocycles. The standard InChI is InChI=1S/C17H21Cl2N3O5S/c1-21(8-11-3-4-13(18)14(19)7-11)16(24)12-9-22(17(25)15(12)23)6-5-20-10-28(2,26)27/h3-4,7,12,20H,5-6,8-10H2,1-2H3. The van der Waals surface area contributed by atoms with Gasteiger partial charge in [0.25, 0.3) is 5.91 Å². The number of Topliss-reactive ketones (excluding diaryl/α,β-unsaturated/α-hetero) is 1. The van der Waals surface area contributed by atoms with E-state index < -0.39 is 33.4 Å². The molecule has 1 aliphatic rings. The summed E-state index contributed by atoms with van der Waals surface area (Å²) < 4.78 is 22.2. The van der Waals surface area contributed by atoms with E-state index in [9.17, 15) is 22.8 Å². The van der Waals surface area contributed by atoms with Crippen molar-refractivity contribution in [2.75, 3.05) is 38.8 Å². The molecular formula is C17H21Cl2N3O5S. The van der Waals surface area contributed by atoms with Crippen LogP contribution < -0.4 is 5.32 Å². The molecule has 2 rings (SSSR count). The normalized spacial score (nSPS) is 17.3.